The number of anilines is 1. The fraction of sp³-hybridized carbons (Fsp3) is 0.296. The number of pyridine rings is 1. The van der Waals surface area contributed by atoms with Gasteiger partial charge >= 0.3 is 6.03 Å². The number of primary amides is 1. The fourth-order valence-electron chi connectivity index (χ4n) is 6.03. The number of ketones is 1. The number of carbonyl (C=O) groups excluding carboxylic acids is 2. The number of rotatable bonds is 4. The van der Waals surface area contributed by atoms with Gasteiger partial charge in [0, 0.05) is 40.9 Å². The Morgan fingerprint density at radius 3 is 2.38 bits per heavy atom. The van der Waals surface area contributed by atoms with Crippen molar-refractivity contribution < 1.29 is 14.0 Å². The van der Waals surface area contributed by atoms with Gasteiger partial charge in [-0.25, -0.2) is 14.2 Å². The van der Waals surface area contributed by atoms with Crippen LogP contribution in [0.4, 0.5) is 15.0 Å². The maximum atomic E-state index is 14.2. The lowest BCUT2D eigenvalue weighted by molar-refractivity contribution is 0.101. The molecule has 5 heterocycles. The second-order valence-corrected chi connectivity index (χ2v) is 9.82. The Bertz CT molecular complexity index is 1530. The predicted molar refractivity (Wildman–Crippen MR) is 136 cm³/mol. The highest BCUT2D eigenvalue weighted by Crippen LogP contribution is 2.44. The van der Waals surface area contributed by atoms with Crippen molar-refractivity contribution in [3.8, 4) is 22.4 Å². The summed E-state index contributed by atoms with van der Waals surface area (Å²) in [6.07, 6.45) is 6.41. The van der Waals surface area contributed by atoms with Crippen LogP contribution in [0.25, 0.3) is 28.0 Å². The molecule has 2 amide bonds. The Balaban J connectivity index is 1.42. The molecule has 1 aromatic carbocycles. The van der Waals surface area contributed by atoms with E-state index in [1.165, 1.54) is 17.5 Å². The Morgan fingerprint density at radius 2 is 1.76 bits per heavy atom. The van der Waals surface area contributed by atoms with E-state index in [-0.39, 0.29) is 35.4 Å². The zero-order chi connectivity index (χ0) is 25.8. The maximum absolute atomic E-state index is 14.2. The molecule has 4 aromatic rings. The molecule has 6 rings (SSSR count). The minimum Gasteiger partial charge on any atom is -0.383 e. The van der Waals surface area contributed by atoms with Gasteiger partial charge in [-0.1, -0.05) is 18.2 Å². The van der Waals surface area contributed by atoms with E-state index >= 15 is 0 Å². The summed E-state index contributed by atoms with van der Waals surface area (Å²) in [6.45, 7) is 1.48. The van der Waals surface area contributed by atoms with Gasteiger partial charge in [0.05, 0.1) is 23.1 Å². The van der Waals surface area contributed by atoms with Crippen LogP contribution in [0.2, 0.25) is 0 Å². The average Bonchev–Trinajstić information content (AvgIpc) is 3.42. The number of fused-ring (bicyclic) bond motifs is 3. The van der Waals surface area contributed by atoms with E-state index in [1.807, 2.05) is 6.07 Å². The molecule has 9 nitrogen and oxygen atoms in total. The van der Waals surface area contributed by atoms with Crippen LogP contribution in [-0.2, 0) is 0 Å². The molecule has 2 fully saturated rings. The van der Waals surface area contributed by atoms with E-state index in [9.17, 15) is 14.0 Å². The number of nitrogen functional groups attached to an aromatic ring is 1. The van der Waals surface area contributed by atoms with Crippen molar-refractivity contribution in [2.45, 2.75) is 50.6 Å². The number of hydrogen-bond donors (Lipinski definition) is 2. The Morgan fingerprint density at radius 1 is 1.03 bits per heavy atom. The number of hydrogen-bond acceptors (Lipinski definition) is 6. The first-order chi connectivity index (χ1) is 17.8. The first kappa shape index (κ1) is 23.1. The molecule has 2 unspecified atom stereocenters. The number of piperidine rings is 1. The third-order valence-corrected chi connectivity index (χ3v) is 7.66. The Labute approximate surface area is 212 Å². The number of nitrogens with two attached hydrogens (primary N) is 2. The zero-order valence-electron chi connectivity index (χ0n) is 20.3. The smallest absolute Gasteiger partial charge is 0.315 e. The van der Waals surface area contributed by atoms with Crippen LogP contribution in [0.5, 0.6) is 0 Å². The normalized spacial score (nSPS) is 20.9. The van der Waals surface area contributed by atoms with E-state index in [4.69, 9.17) is 16.5 Å². The minimum atomic E-state index is -0.398. The lowest BCUT2D eigenvalue weighted by Gasteiger charge is -2.38. The third kappa shape index (κ3) is 3.71. The molecule has 0 radical (unpaired) electrons. The van der Waals surface area contributed by atoms with Gasteiger partial charge < -0.3 is 16.4 Å². The summed E-state index contributed by atoms with van der Waals surface area (Å²) in [7, 11) is 0. The molecule has 3 aromatic heterocycles. The lowest BCUT2D eigenvalue weighted by Crippen LogP contribution is -2.48. The van der Waals surface area contributed by atoms with Gasteiger partial charge in [0.2, 0.25) is 0 Å². The number of halogens is 1. The molecule has 2 aliphatic heterocycles. The molecule has 37 heavy (non-hydrogen) atoms. The van der Waals surface area contributed by atoms with Crippen molar-refractivity contribution in [1.82, 2.24) is 24.5 Å². The van der Waals surface area contributed by atoms with Crippen LogP contribution in [0, 0.1) is 5.82 Å². The molecule has 3 atom stereocenters. The monoisotopic (exact) mass is 499 g/mol. The van der Waals surface area contributed by atoms with Gasteiger partial charge in [0.15, 0.2) is 11.4 Å². The summed E-state index contributed by atoms with van der Waals surface area (Å²) in [5.41, 5.74) is 16.0. The van der Waals surface area contributed by atoms with Crippen LogP contribution >= 0.6 is 0 Å². The Hall–Kier alpha value is -4.34. The fourth-order valence-corrected chi connectivity index (χ4v) is 6.03. The van der Waals surface area contributed by atoms with Gasteiger partial charge in [0.25, 0.3) is 0 Å². The Kier molecular flexibility index (Phi) is 5.40. The van der Waals surface area contributed by atoms with Crippen molar-refractivity contribution in [3.05, 3.63) is 65.9 Å². The summed E-state index contributed by atoms with van der Waals surface area (Å²) in [5.74, 6) is -0.326. The van der Waals surface area contributed by atoms with Crippen molar-refractivity contribution in [1.29, 1.82) is 0 Å². The second-order valence-electron chi connectivity index (χ2n) is 9.82. The van der Waals surface area contributed by atoms with E-state index < -0.39 is 6.03 Å². The van der Waals surface area contributed by atoms with E-state index in [2.05, 4.69) is 10.1 Å². The second kappa shape index (κ2) is 8.65. The first-order valence-electron chi connectivity index (χ1n) is 12.3. The van der Waals surface area contributed by atoms with Crippen LogP contribution < -0.4 is 11.5 Å². The molecule has 0 spiro atoms. The van der Waals surface area contributed by atoms with E-state index in [0.717, 1.165) is 18.4 Å². The minimum absolute atomic E-state index is 0.0276. The van der Waals surface area contributed by atoms with Gasteiger partial charge in [0.1, 0.15) is 11.6 Å². The summed E-state index contributed by atoms with van der Waals surface area (Å²) in [5, 5.41) is 4.42. The quantitative estimate of drug-likeness (QED) is 0.405. The summed E-state index contributed by atoms with van der Waals surface area (Å²) >= 11 is 0. The summed E-state index contributed by atoms with van der Waals surface area (Å²) in [4.78, 5) is 35.9. The molecule has 2 aliphatic rings. The highest BCUT2D eigenvalue weighted by Gasteiger charge is 2.44. The standard InChI is InChI=1S/C27H26FN7O2/c1-14(36)23-24(16-10-17-7-8-18(11-16)34(17)27(30)37)33-26-20(13-32-35(26)25(23)29)15-6-9-22(31-12-15)19-4-2-3-5-21(19)28/h2-6,9,12-13,16-18H,7-8,10-11,29H2,1H3,(H2,30,37)/t16?,17-,18?/m0/s1. The molecular formula is C27H26FN7O2. The number of benzene rings is 1. The van der Waals surface area contributed by atoms with E-state index in [1.54, 1.807) is 41.6 Å². The van der Waals surface area contributed by atoms with Crippen LogP contribution in [0.3, 0.4) is 0 Å². The predicted octanol–water partition coefficient (Wildman–Crippen LogP) is 4.17. The van der Waals surface area contributed by atoms with Crippen molar-refractivity contribution in [2.75, 3.05) is 5.73 Å². The number of nitrogens with zero attached hydrogens (tertiary/aromatic N) is 5. The topological polar surface area (TPSA) is 132 Å². The van der Waals surface area contributed by atoms with Crippen LogP contribution in [0.15, 0.2) is 48.8 Å². The summed E-state index contributed by atoms with van der Waals surface area (Å²) < 4.78 is 15.7. The van der Waals surface area contributed by atoms with Gasteiger partial charge in [-0.05, 0) is 50.8 Å². The zero-order valence-corrected chi connectivity index (χ0v) is 20.3. The van der Waals surface area contributed by atoms with Crippen molar-refractivity contribution in [2.24, 2.45) is 5.73 Å². The average molecular weight is 500 g/mol. The van der Waals surface area contributed by atoms with Gasteiger partial charge in [-0.15, -0.1) is 0 Å². The number of aromatic nitrogens is 4. The highest BCUT2D eigenvalue weighted by atomic mass is 19.1. The van der Waals surface area contributed by atoms with Gasteiger partial charge in [-0.3, -0.25) is 9.78 Å². The molecule has 2 saturated heterocycles. The molecule has 0 saturated carbocycles. The molecule has 10 heteroatoms. The molecule has 4 N–H and O–H groups in total. The van der Waals surface area contributed by atoms with Crippen molar-refractivity contribution in [3.63, 3.8) is 0 Å². The lowest BCUT2D eigenvalue weighted by atomic mass is 9.85. The van der Waals surface area contributed by atoms with Crippen LogP contribution in [0.1, 0.15) is 54.6 Å². The van der Waals surface area contributed by atoms with E-state index in [0.29, 0.717) is 46.6 Å². The maximum Gasteiger partial charge on any atom is 0.315 e. The van der Waals surface area contributed by atoms with Crippen molar-refractivity contribution >= 4 is 23.3 Å². The molecule has 2 bridgehead atoms. The van der Waals surface area contributed by atoms with Gasteiger partial charge in [-0.2, -0.15) is 9.61 Å². The highest BCUT2D eigenvalue weighted by molar-refractivity contribution is 6.00. The number of Topliss-reactive ketones (excluding diaryl/α,β-unsaturated/α-hetero) is 1. The SMILES string of the molecule is CC(=O)c1c(C2CC3CC[C@@H](C2)N3C(N)=O)nc2c(-c3ccc(-c4ccccc4F)nc3)cnn2c1N. The third-order valence-electron chi connectivity index (χ3n) is 7.66. The molecule has 188 valence electrons. The molecule has 0 aliphatic carbocycles. The number of amides is 2. The molecular weight excluding hydrogens is 473 g/mol. The number of urea groups is 1. The largest absolute Gasteiger partial charge is 0.383 e. The first-order valence-corrected chi connectivity index (χ1v) is 12.3. The summed E-state index contributed by atoms with van der Waals surface area (Å²) in [6, 6.07) is 9.73. The van der Waals surface area contributed by atoms with Crippen LogP contribution in [-0.4, -0.2) is 48.4 Å². The number of carbonyl (C=O) groups is 2.